The van der Waals surface area contributed by atoms with E-state index in [4.69, 9.17) is 9.47 Å². The molecule has 0 amide bonds. The van der Waals surface area contributed by atoms with Crippen LogP contribution in [0.3, 0.4) is 0 Å². The van der Waals surface area contributed by atoms with E-state index in [9.17, 15) is 23.3 Å². The molecule has 160 valence electrons. The van der Waals surface area contributed by atoms with Gasteiger partial charge in [0.1, 0.15) is 0 Å². The Morgan fingerprint density at radius 3 is 2.40 bits per heavy atom. The number of ketones is 1. The first-order valence-corrected chi connectivity index (χ1v) is 10.7. The average Bonchev–Trinajstić information content (AvgIpc) is 3.22. The van der Waals surface area contributed by atoms with Gasteiger partial charge in [-0.3, -0.25) is 14.9 Å². The smallest absolute Gasteiger partial charge is 0.269 e. The van der Waals surface area contributed by atoms with Crippen LogP contribution in [0.2, 0.25) is 0 Å². The van der Waals surface area contributed by atoms with Gasteiger partial charge in [-0.1, -0.05) is 0 Å². The van der Waals surface area contributed by atoms with Gasteiger partial charge in [0.05, 0.1) is 24.0 Å². The van der Waals surface area contributed by atoms with E-state index in [2.05, 4.69) is 0 Å². The molecular weight excluding hydrogens is 412 g/mol. The van der Waals surface area contributed by atoms with E-state index in [1.165, 1.54) is 30.7 Å². The van der Waals surface area contributed by atoms with E-state index in [1.54, 1.807) is 18.2 Å². The second-order valence-electron chi connectivity index (χ2n) is 6.86. The summed E-state index contributed by atoms with van der Waals surface area (Å²) in [7, 11) is -0.895. The van der Waals surface area contributed by atoms with Crippen molar-refractivity contribution in [3.63, 3.8) is 0 Å². The molecular formula is C20H22N2O7S. The van der Waals surface area contributed by atoms with E-state index >= 15 is 0 Å². The maximum Gasteiger partial charge on any atom is 0.269 e. The van der Waals surface area contributed by atoms with Crippen LogP contribution in [0.5, 0.6) is 11.5 Å². The summed E-state index contributed by atoms with van der Waals surface area (Å²) in [5, 5.41) is 10.8. The first-order valence-electron chi connectivity index (χ1n) is 9.29. The van der Waals surface area contributed by atoms with Crippen molar-refractivity contribution < 1.29 is 27.6 Å². The van der Waals surface area contributed by atoms with Crippen molar-refractivity contribution in [1.29, 1.82) is 0 Å². The third kappa shape index (κ3) is 4.29. The Balaban J connectivity index is 1.80. The molecule has 1 heterocycles. The molecule has 0 bridgehead atoms. The van der Waals surface area contributed by atoms with Gasteiger partial charge < -0.3 is 9.47 Å². The highest BCUT2D eigenvalue weighted by Crippen LogP contribution is 2.31. The molecule has 2 aromatic rings. The molecule has 1 aliphatic rings. The van der Waals surface area contributed by atoms with Crippen LogP contribution in [-0.4, -0.2) is 50.2 Å². The van der Waals surface area contributed by atoms with Crippen molar-refractivity contribution >= 4 is 21.5 Å². The van der Waals surface area contributed by atoms with Crippen LogP contribution in [0, 0.1) is 10.1 Å². The fourth-order valence-electron chi connectivity index (χ4n) is 3.55. The molecule has 1 aliphatic heterocycles. The van der Waals surface area contributed by atoms with Gasteiger partial charge in [0.25, 0.3) is 5.69 Å². The molecule has 10 heteroatoms. The number of benzene rings is 2. The monoisotopic (exact) mass is 434 g/mol. The minimum atomic E-state index is -3.87. The number of Topliss-reactive ketones (excluding diaryl/α,β-unsaturated/α-hetero) is 1. The second kappa shape index (κ2) is 8.80. The van der Waals surface area contributed by atoms with Gasteiger partial charge in [-0.15, -0.1) is 0 Å². The molecule has 0 radical (unpaired) electrons. The molecule has 0 aromatic heterocycles. The van der Waals surface area contributed by atoms with Crippen molar-refractivity contribution in [2.75, 3.05) is 20.8 Å². The fourth-order valence-corrected chi connectivity index (χ4v) is 5.24. The number of carbonyl (C=O) groups is 1. The molecule has 2 aromatic carbocycles. The number of sulfonamides is 1. The standard InChI is InChI=1S/C20H22N2O7S/c1-28-19-10-5-14(12-20(19)29-2)18(23)13-16-4-3-11-21(16)30(26,27)17-8-6-15(7-9-17)22(24)25/h5-10,12,16H,3-4,11,13H2,1-2H3. The molecule has 30 heavy (non-hydrogen) atoms. The Morgan fingerprint density at radius 1 is 1.13 bits per heavy atom. The second-order valence-corrected chi connectivity index (χ2v) is 8.75. The zero-order valence-electron chi connectivity index (χ0n) is 16.6. The predicted octanol–water partition coefficient (Wildman–Crippen LogP) is 3.04. The minimum absolute atomic E-state index is 0.0291. The largest absolute Gasteiger partial charge is 0.493 e. The number of nitro benzene ring substituents is 1. The number of methoxy groups -OCH3 is 2. The van der Waals surface area contributed by atoms with Gasteiger partial charge in [-0.25, -0.2) is 8.42 Å². The van der Waals surface area contributed by atoms with Crippen molar-refractivity contribution in [2.24, 2.45) is 0 Å². The van der Waals surface area contributed by atoms with Crippen LogP contribution in [0.25, 0.3) is 0 Å². The topological polar surface area (TPSA) is 116 Å². The van der Waals surface area contributed by atoms with E-state index < -0.39 is 21.0 Å². The van der Waals surface area contributed by atoms with Crippen LogP contribution in [-0.2, 0) is 10.0 Å². The van der Waals surface area contributed by atoms with Crippen LogP contribution >= 0.6 is 0 Å². The summed E-state index contributed by atoms with van der Waals surface area (Å²) in [5.41, 5.74) is 0.225. The molecule has 1 atom stereocenters. The number of rotatable bonds is 8. The fraction of sp³-hybridized carbons (Fsp3) is 0.350. The SMILES string of the molecule is COc1ccc(C(=O)CC2CCCN2S(=O)(=O)c2ccc([N+](=O)[O-])cc2)cc1OC. The summed E-state index contributed by atoms with van der Waals surface area (Å²) >= 11 is 0. The van der Waals surface area contributed by atoms with Crippen molar-refractivity contribution in [2.45, 2.75) is 30.2 Å². The number of hydrogen-bond donors (Lipinski definition) is 0. The highest BCUT2D eigenvalue weighted by atomic mass is 32.2. The Kier molecular flexibility index (Phi) is 6.37. The van der Waals surface area contributed by atoms with Crippen molar-refractivity contribution in [3.8, 4) is 11.5 Å². The summed E-state index contributed by atoms with van der Waals surface area (Å²) in [4.78, 5) is 23.0. The molecule has 0 aliphatic carbocycles. The minimum Gasteiger partial charge on any atom is -0.493 e. The van der Waals surface area contributed by atoms with Crippen LogP contribution < -0.4 is 9.47 Å². The first-order chi connectivity index (χ1) is 14.3. The van der Waals surface area contributed by atoms with Gasteiger partial charge in [0.15, 0.2) is 17.3 Å². The zero-order chi connectivity index (χ0) is 21.9. The summed E-state index contributed by atoms with van der Waals surface area (Å²) < 4.78 is 37.8. The molecule has 0 spiro atoms. The summed E-state index contributed by atoms with van der Waals surface area (Å²) in [6.07, 6.45) is 1.23. The van der Waals surface area contributed by atoms with Crippen molar-refractivity contribution in [3.05, 3.63) is 58.1 Å². The highest BCUT2D eigenvalue weighted by molar-refractivity contribution is 7.89. The Labute approximate surface area is 174 Å². The number of hydrogen-bond acceptors (Lipinski definition) is 7. The van der Waals surface area contributed by atoms with Crippen molar-refractivity contribution in [1.82, 2.24) is 4.31 Å². The Hall–Kier alpha value is -2.98. The van der Waals surface area contributed by atoms with E-state index in [0.29, 0.717) is 36.4 Å². The third-order valence-electron chi connectivity index (χ3n) is 5.10. The molecule has 9 nitrogen and oxygen atoms in total. The van der Waals surface area contributed by atoms with Gasteiger partial charge in [0, 0.05) is 36.7 Å². The molecule has 0 saturated carbocycles. The normalized spacial score (nSPS) is 16.9. The molecule has 1 unspecified atom stereocenters. The molecule has 0 N–H and O–H groups in total. The lowest BCUT2D eigenvalue weighted by molar-refractivity contribution is -0.384. The Morgan fingerprint density at radius 2 is 1.80 bits per heavy atom. The van der Waals surface area contributed by atoms with E-state index in [0.717, 1.165) is 12.1 Å². The quantitative estimate of drug-likeness (QED) is 0.356. The summed E-state index contributed by atoms with van der Waals surface area (Å²) in [6.45, 7) is 0.295. The maximum atomic E-state index is 13.0. The average molecular weight is 434 g/mol. The Bertz CT molecular complexity index is 1050. The first kappa shape index (κ1) is 21.7. The van der Waals surface area contributed by atoms with Gasteiger partial charge in [-0.05, 0) is 43.2 Å². The van der Waals surface area contributed by atoms with Gasteiger partial charge >= 0.3 is 0 Å². The lowest BCUT2D eigenvalue weighted by Crippen LogP contribution is -2.36. The summed E-state index contributed by atoms with van der Waals surface area (Å²) in [6, 6.07) is 9.11. The van der Waals surface area contributed by atoms with Crippen LogP contribution in [0.4, 0.5) is 5.69 Å². The van der Waals surface area contributed by atoms with E-state index in [1.807, 2.05) is 0 Å². The summed E-state index contributed by atoms with van der Waals surface area (Å²) in [5.74, 6) is 0.717. The van der Waals surface area contributed by atoms with Crippen LogP contribution in [0.1, 0.15) is 29.6 Å². The maximum absolute atomic E-state index is 13.0. The third-order valence-corrected chi connectivity index (χ3v) is 7.07. The number of nitro groups is 1. The van der Waals surface area contributed by atoms with Crippen LogP contribution in [0.15, 0.2) is 47.4 Å². The highest BCUT2D eigenvalue weighted by Gasteiger charge is 2.36. The number of ether oxygens (including phenoxy) is 2. The molecule has 1 saturated heterocycles. The van der Waals surface area contributed by atoms with E-state index in [-0.39, 0.29) is 22.8 Å². The number of carbonyl (C=O) groups excluding carboxylic acids is 1. The zero-order valence-corrected chi connectivity index (χ0v) is 17.4. The predicted molar refractivity (Wildman–Crippen MR) is 109 cm³/mol. The van der Waals surface area contributed by atoms with Gasteiger partial charge in [-0.2, -0.15) is 4.31 Å². The number of nitrogens with zero attached hydrogens (tertiary/aromatic N) is 2. The lowest BCUT2D eigenvalue weighted by atomic mass is 10.0. The lowest BCUT2D eigenvalue weighted by Gasteiger charge is -2.23. The molecule has 1 fully saturated rings. The van der Waals surface area contributed by atoms with Gasteiger partial charge in [0.2, 0.25) is 10.0 Å². The molecule has 3 rings (SSSR count). The number of non-ortho nitro benzene ring substituents is 1.